The van der Waals surface area contributed by atoms with Gasteiger partial charge in [0.2, 0.25) is 0 Å². The number of benzene rings is 1. The lowest BCUT2D eigenvalue weighted by molar-refractivity contribution is 0.193. The zero-order valence-electron chi connectivity index (χ0n) is 13.8. The van der Waals surface area contributed by atoms with Crippen LogP contribution in [0.5, 0.6) is 0 Å². The highest BCUT2D eigenvalue weighted by molar-refractivity contribution is 5.74. The number of hydrogen-bond donors (Lipinski definition) is 1. The molecule has 2 aromatic rings. The van der Waals surface area contributed by atoms with E-state index in [1.807, 2.05) is 13.0 Å². The van der Waals surface area contributed by atoms with Gasteiger partial charge in [0.1, 0.15) is 12.1 Å². The SMILES string of the molecule is CCN(Cc1ccc(C#N)cc1F)C(=O)N[C@@H](C)c1nncn1C. The molecular formula is C16H19FN6O. The number of aryl methyl sites for hydroxylation is 1. The van der Waals surface area contributed by atoms with Gasteiger partial charge in [-0.15, -0.1) is 10.2 Å². The topological polar surface area (TPSA) is 86.8 Å². The summed E-state index contributed by atoms with van der Waals surface area (Å²) >= 11 is 0. The molecule has 0 fully saturated rings. The summed E-state index contributed by atoms with van der Waals surface area (Å²) in [5, 5.41) is 19.3. The van der Waals surface area contributed by atoms with E-state index in [1.165, 1.54) is 23.1 Å². The van der Waals surface area contributed by atoms with E-state index in [1.54, 1.807) is 24.9 Å². The Hall–Kier alpha value is -2.95. The van der Waals surface area contributed by atoms with Gasteiger partial charge in [0.05, 0.1) is 24.2 Å². The standard InChI is InChI=1S/C16H19FN6O/c1-4-23(9-13-6-5-12(8-18)7-14(13)17)16(24)20-11(2)15-21-19-10-22(15)3/h5-7,10-11H,4,9H2,1-3H3,(H,20,24)/t11-/m0/s1. The molecular weight excluding hydrogens is 311 g/mol. The van der Waals surface area contributed by atoms with Crippen molar-refractivity contribution in [2.24, 2.45) is 7.05 Å². The van der Waals surface area contributed by atoms with Gasteiger partial charge in [-0.2, -0.15) is 5.26 Å². The van der Waals surface area contributed by atoms with E-state index >= 15 is 0 Å². The van der Waals surface area contributed by atoms with Gasteiger partial charge in [-0.1, -0.05) is 6.07 Å². The van der Waals surface area contributed by atoms with Crippen molar-refractivity contribution < 1.29 is 9.18 Å². The molecule has 0 saturated carbocycles. The van der Waals surface area contributed by atoms with Crippen molar-refractivity contribution >= 4 is 6.03 Å². The van der Waals surface area contributed by atoms with Crippen LogP contribution in [0.15, 0.2) is 24.5 Å². The molecule has 0 radical (unpaired) electrons. The summed E-state index contributed by atoms with van der Waals surface area (Å²) in [6.45, 7) is 4.15. The monoisotopic (exact) mass is 330 g/mol. The Bertz CT molecular complexity index is 766. The molecule has 1 aromatic heterocycles. The van der Waals surface area contributed by atoms with Gasteiger partial charge in [-0.05, 0) is 26.0 Å². The third-order valence-electron chi connectivity index (χ3n) is 3.69. The van der Waals surface area contributed by atoms with Crippen LogP contribution < -0.4 is 5.32 Å². The van der Waals surface area contributed by atoms with Gasteiger partial charge in [0.25, 0.3) is 0 Å². The Balaban J connectivity index is 2.07. The van der Waals surface area contributed by atoms with Crippen molar-refractivity contribution in [3.05, 3.63) is 47.3 Å². The molecule has 0 aliphatic rings. The van der Waals surface area contributed by atoms with E-state index in [2.05, 4.69) is 15.5 Å². The molecule has 1 N–H and O–H groups in total. The fourth-order valence-corrected chi connectivity index (χ4v) is 2.30. The van der Waals surface area contributed by atoms with Crippen LogP contribution in [-0.2, 0) is 13.6 Å². The maximum atomic E-state index is 14.0. The molecule has 2 rings (SSSR count). The maximum absolute atomic E-state index is 14.0. The van der Waals surface area contributed by atoms with E-state index < -0.39 is 5.82 Å². The minimum absolute atomic E-state index is 0.116. The summed E-state index contributed by atoms with van der Waals surface area (Å²) in [4.78, 5) is 13.9. The second-order valence-electron chi connectivity index (χ2n) is 5.40. The van der Waals surface area contributed by atoms with Crippen LogP contribution in [0.25, 0.3) is 0 Å². The van der Waals surface area contributed by atoms with Crippen molar-refractivity contribution in [3.8, 4) is 6.07 Å². The summed E-state index contributed by atoms with van der Waals surface area (Å²) in [7, 11) is 1.79. The Morgan fingerprint density at radius 3 is 2.83 bits per heavy atom. The molecule has 0 unspecified atom stereocenters. The average molecular weight is 330 g/mol. The van der Waals surface area contributed by atoms with E-state index in [-0.39, 0.29) is 24.2 Å². The summed E-state index contributed by atoms with van der Waals surface area (Å²) in [6.07, 6.45) is 1.56. The van der Waals surface area contributed by atoms with Crippen LogP contribution in [0.1, 0.15) is 36.8 Å². The highest BCUT2D eigenvalue weighted by Gasteiger charge is 2.19. The summed E-state index contributed by atoms with van der Waals surface area (Å²) in [5.41, 5.74) is 0.608. The van der Waals surface area contributed by atoms with Crippen molar-refractivity contribution in [1.29, 1.82) is 5.26 Å². The lowest BCUT2D eigenvalue weighted by Gasteiger charge is -2.24. The van der Waals surface area contributed by atoms with Crippen LogP contribution in [0.3, 0.4) is 0 Å². The summed E-state index contributed by atoms with van der Waals surface area (Å²) in [5.74, 6) is 0.130. The first-order chi connectivity index (χ1) is 11.5. The summed E-state index contributed by atoms with van der Waals surface area (Å²) < 4.78 is 15.7. The Morgan fingerprint density at radius 1 is 1.54 bits per heavy atom. The molecule has 0 aliphatic heterocycles. The van der Waals surface area contributed by atoms with Gasteiger partial charge < -0.3 is 14.8 Å². The van der Waals surface area contributed by atoms with Crippen molar-refractivity contribution in [2.45, 2.75) is 26.4 Å². The van der Waals surface area contributed by atoms with Crippen LogP contribution in [0.2, 0.25) is 0 Å². The molecule has 0 bridgehead atoms. The quantitative estimate of drug-likeness (QED) is 0.909. The molecule has 8 heteroatoms. The summed E-state index contributed by atoms with van der Waals surface area (Å²) in [6, 6.07) is 5.46. The van der Waals surface area contributed by atoms with Crippen LogP contribution in [0, 0.1) is 17.1 Å². The van der Waals surface area contributed by atoms with Gasteiger partial charge in [-0.25, -0.2) is 9.18 Å². The molecule has 0 aliphatic carbocycles. The van der Waals surface area contributed by atoms with E-state index in [9.17, 15) is 9.18 Å². The van der Waals surface area contributed by atoms with Crippen LogP contribution >= 0.6 is 0 Å². The number of hydrogen-bond acceptors (Lipinski definition) is 4. The van der Waals surface area contributed by atoms with Crippen molar-refractivity contribution in [3.63, 3.8) is 0 Å². The predicted octanol–water partition coefficient (Wildman–Crippen LogP) is 2.12. The number of nitrogens with zero attached hydrogens (tertiary/aromatic N) is 5. The fraction of sp³-hybridized carbons (Fsp3) is 0.375. The minimum Gasteiger partial charge on any atom is -0.328 e. The van der Waals surface area contributed by atoms with Gasteiger partial charge in [-0.3, -0.25) is 0 Å². The number of urea groups is 1. The largest absolute Gasteiger partial charge is 0.328 e. The zero-order valence-corrected chi connectivity index (χ0v) is 13.8. The van der Waals surface area contributed by atoms with Gasteiger partial charge >= 0.3 is 6.03 Å². The number of halogens is 1. The normalized spacial score (nSPS) is 11.6. The Morgan fingerprint density at radius 2 is 2.29 bits per heavy atom. The van der Waals surface area contributed by atoms with Crippen LogP contribution in [-0.4, -0.2) is 32.2 Å². The predicted molar refractivity (Wildman–Crippen MR) is 85.1 cm³/mol. The smallest absolute Gasteiger partial charge is 0.318 e. The number of nitriles is 1. The molecule has 1 atom stereocenters. The highest BCUT2D eigenvalue weighted by atomic mass is 19.1. The second kappa shape index (κ2) is 7.55. The molecule has 1 heterocycles. The molecule has 126 valence electrons. The number of nitrogens with one attached hydrogen (secondary N) is 1. The Labute approximate surface area is 139 Å². The van der Waals surface area contributed by atoms with E-state index in [4.69, 9.17) is 5.26 Å². The number of carbonyl (C=O) groups excluding carboxylic acids is 1. The molecule has 2 amide bonds. The highest BCUT2D eigenvalue weighted by Crippen LogP contribution is 2.14. The number of carbonyl (C=O) groups is 1. The average Bonchev–Trinajstić information content (AvgIpc) is 2.99. The van der Waals surface area contributed by atoms with Crippen molar-refractivity contribution in [1.82, 2.24) is 25.0 Å². The van der Waals surface area contributed by atoms with E-state index in [0.717, 1.165) is 0 Å². The first-order valence-electron chi connectivity index (χ1n) is 7.54. The minimum atomic E-state index is -0.498. The van der Waals surface area contributed by atoms with Gasteiger partial charge in [0.15, 0.2) is 5.82 Å². The first-order valence-corrected chi connectivity index (χ1v) is 7.54. The molecule has 0 spiro atoms. The number of aromatic nitrogens is 3. The third kappa shape index (κ3) is 3.87. The molecule has 0 saturated heterocycles. The lowest BCUT2D eigenvalue weighted by Crippen LogP contribution is -2.41. The lowest BCUT2D eigenvalue weighted by atomic mass is 10.1. The molecule has 7 nitrogen and oxygen atoms in total. The number of rotatable bonds is 5. The zero-order chi connectivity index (χ0) is 17.7. The van der Waals surface area contributed by atoms with Crippen LogP contribution in [0.4, 0.5) is 9.18 Å². The van der Waals surface area contributed by atoms with E-state index in [0.29, 0.717) is 17.9 Å². The second-order valence-corrected chi connectivity index (χ2v) is 5.40. The molecule has 1 aromatic carbocycles. The Kier molecular flexibility index (Phi) is 5.47. The fourth-order valence-electron chi connectivity index (χ4n) is 2.30. The number of amides is 2. The van der Waals surface area contributed by atoms with Gasteiger partial charge in [0, 0.05) is 19.2 Å². The van der Waals surface area contributed by atoms with Crippen molar-refractivity contribution in [2.75, 3.05) is 6.54 Å². The molecule has 24 heavy (non-hydrogen) atoms. The third-order valence-corrected chi connectivity index (χ3v) is 3.69. The first kappa shape index (κ1) is 17.4. The maximum Gasteiger partial charge on any atom is 0.318 e.